The van der Waals surface area contributed by atoms with E-state index in [1.807, 2.05) is 0 Å². The monoisotopic (exact) mass is 426 g/mol. The third kappa shape index (κ3) is 3.98. The van der Waals surface area contributed by atoms with Crippen LogP contribution in [-0.2, 0) is 0 Å². The zero-order valence-electron chi connectivity index (χ0n) is 16.7. The van der Waals surface area contributed by atoms with Crippen molar-refractivity contribution in [1.29, 1.82) is 0 Å². The highest BCUT2D eigenvalue weighted by atomic mass is 19.1. The van der Waals surface area contributed by atoms with Gasteiger partial charge >= 0.3 is 0 Å². The average Bonchev–Trinajstić information content (AvgIpc) is 2.81. The van der Waals surface area contributed by atoms with Crippen LogP contribution in [0.1, 0.15) is 0 Å². The summed E-state index contributed by atoms with van der Waals surface area (Å²) in [6.45, 7) is 0. The maximum absolute atomic E-state index is 13.5. The standard InChI is InChI=1S/C26H16F2N2O2/c27-18-5-1-16(2-6-18)25-26(17-3-7-19(28)8-4-17)30-24-15-22(13-14-23(24)29-25)32-21-11-9-20(31)10-12-21/h1-15,31H. The van der Waals surface area contributed by atoms with Gasteiger partial charge in [-0.3, -0.25) is 0 Å². The first-order valence-electron chi connectivity index (χ1n) is 9.86. The van der Waals surface area contributed by atoms with E-state index in [-0.39, 0.29) is 17.4 Å². The van der Waals surface area contributed by atoms with E-state index in [0.717, 1.165) is 0 Å². The molecule has 0 aliphatic heterocycles. The molecule has 0 radical (unpaired) electrons. The van der Waals surface area contributed by atoms with Gasteiger partial charge in [-0.15, -0.1) is 0 Å². The van der Waals surface area contributed by atoms with Crippen molar-refractivity contribution in [2.45, 2.75) is 0 Å². The van der Waals surface area contributed by atoms with Crippen LogP contribution in [0.5, 0.6) is 17.2 Å². The maximum atomic E-state index is 13.5. The fraction of sp³-hybridized carbons (Fsp3) is 0. The van der Waals surface area contributed by atoms with Gasteiger partial charge in [-0.05, 0) is 84.9 Å². The summed E-state index contributed by atoms with van der Waals surface area (Å²) in [5.41, 5.74) is 3.72. The van der Waals surface area contributed by atoms with Gasteiger partial charge in [-0.25, -0.2) is 18.7 Å². The molecule has 0 bridgehead atoms. The van der Waals surface area contributed by atoms with Gasteiger partial charge in [0.15, 0.2) is 0 Å². The molecule has 4 aromatic carbocycles. The van der Waals surface area contributed by atoms with E-state index in [1.165, 1.54) is 36.4 Å². The van der Waals surface area contributed by atoms with Gasteiger partial charge in [0.2, 0.25) is 0 Å². The molecule has 5 rings (SSSR count). The first kappa shape index (κ1) is 19.6. The molecule has 1 heterocycles. The molecule has 0 spiro atoms. The van der Waals surface area contributed by atoms with E-state index in [0.29, 0.717) is 45.0 Å². The first-order chi connectivity index (χ1) is 15.5. The zero-order valence-corrected chi connectivity index (χ0v) is 16.7. The van der Waals surface area contributed by atoms with Crippen molar-refractivity contribution in [1.82, 2.24) is 9.97 Å². The topological polar surface area (TPSA) is 55.2 Å². The molecule has 156 valence electrons. The predicted molar refractivity (Wildman–Crippen MR) is 119 cm³/mol. The predicted octanol–water partition coefficient (Wildman–Crippen LogP) is 6.74. The van der Waals surface area contributed by atoms with Gasteiger partial charge < -0.3 is 9.84 Å². The lowest BCUT2D eigenvalue weighted by molar-refractivity contribution is 0.464. The van der Waals surface area contributed by atoms with E-state index < -0.39 is 0 Å². The quantitative estimate of drug-likeness (QED) is 0.346. The van der Waals surface area contributed by atoms with Crippen molar-refractivity contribution >= 4 is 11.0 Å². The van der Waals surface area contributed by atoms with Gasteiger partial charge in [-0.2, -0.15) is 0 Å². The number of halogens is 2. The number of aromatic nitrogens is 2. The Hall–Kier alpha value is -4.32. The van der Waals surface area contributed by atoms with Crippen LogP contribution in [0.4, 0.5) is 8.78 Å². The van der Waals surface area contributed by atoms with Crippen molar-refractivity contribution in [2.24, 2.45) is 0 Å². The number of hydrogen-bond donors (Lipinski definition) is 1. The summed E-state index contributed by atoms with van der Waals surface area (Å²) >= 11 is 0. The Morgan fingerprint density at radius 1 is 0.562 bits per heavy atom. The van der Waals surface area contributed by atoms with Crippen LogP contribution in [0.2, 0.25) is 0 Å². The summed E-state index contributed by atoms with van der Waals surface area (Å²) in [6.07, 6.45) is 0. The van der Waals surface area contributed by atoms with Crippen molar-refractivity contribution < 1.29 is 18.6 Å². The number of nitrogens with zero attached hydrogens (tertiary/aromatic N) is 2. The minimum atomic E-state index is -0.351. The molecular formula is C26H16F2N2O2. The summed E-state index contributed by atoms with van der Waals surface area (Å²) in [5, 5.41) is 9.44. The minimum Gasteiger partial charge on any atom is -0.508 e. The third-order valence-electron chi connectivity index (χ3n) is 4.94. The lowest BCUT2D eigenvalue weighted by Gasteiger charge is -2.12. The van der Waals surface area contributed by atoms with Crippen LogP contribution in [0.25, 0.3) is 33.5 Å². The van der Waals surface area contributed by atoms with E-state index in [4.69, 9.17) is 14.7 Å². The zero-order chi connectivity index (χ0) is 22.1. The Labute approximate surface area is 182 Å². The van der Waals surface area contributed by atoms with Crippen molar-refractivity contribution in [3.05, 3.63) is 103 Å². The van der Waals surface area contributed by atoms with Crippen LogP contribution in [0, 0.1) is 11.6 Å². The van der Waals surface area contributed by atoms with Crippen LogP contribution in [-0.4, -0.2) is 15.1 Å². The Morgan fingerprint density at radius 2 is 1.06 bits per heavy atom. The number of phenols is 1. The summed E-state index contributed by atoms with van der Waals surface area (Å²) < 4.78 is 32.8. The van der Waals surface area contributed by atoms with E-state index in [2.05, 4.69) is 0 Å². The molecule has 0 saturated carbocycles. The lowest BCUT2D eigenvalue weighted by atomic mass is 10.0. The number of rotatable bonds is 4. The van der Waals surface area contributed by atoms with Crippen LogP contribution < -0.4 is 4.74 Å². The highest BCUT2D eigenvalue weighted by molar-refractivity contribution is 5.86. The molecule has 1 N–H and O–H groups in total. The second-order valence-electron chi connectivity index (χ2n) is 7.18. The Morgan fingerprint density at radius 3 is 1.62 bits per heavy atom. The second-order valence-corrected chi connectivity index (χ2v) is 7.18. The fourth-order valence-electron chi connectivity index (χ4n) is 3.37. The third-order valence-corrected chi connectivity index (χ3v) is 4.94. The van der Waals surface area contributed by atoms with Crippen LogP contribution in [0.3, 0.4) is 0 Å². The molecule has 1 aromatic heterocycles. The fourth-order valence-corrected chi connectivity index (χ4v) is 3.37. The van der Waals surface area contributed by atoms with E-state index in [9.17, 15) is 13.9 Å². The summed E-state index contributed by atoms with van der Waals surface area (Å²) in [4.78, 5) is 9.56. The molecular weight excluding hydrogens is 410 g/mol. The maximum Gasteiger partial charge on any atom is 0.129 e. The van der Waals surface area contributed by atoms with Gasteiger partial charge in [-0.1, -0.05) is 0 Å². The molecule has 0 aliphatic carbocycles. The number of ether oxygens (including phenoxy) is 1. The summed E-state index contributed by atoms with van der Waals surface area (Å²) in [5.74, 6) is 0.574. The molecule has 0 amide bonds. The summed E-state index contributed by atoms with van der Waals surface area (Å²) in [6, 6.07) is 23.7. The average molecular weight is 426 g/mol. The van der Waals surface area contributed by atoms with Gasteiger partial charge in [0.05, 0.1) is 22.4 Å². The molecule has 6 heteroatoms. The highest BCUT2D eigenvalue weighted by Crippen LogP contribution is 2.33. The number of benzene rings is 4. The molecule has 32 heavy (non-hydrogen) atoms. The lowest BCUT2D eigenvalue weighted by Crippen LogP contribution is -1.96. The number of aromatic hydroxyl groups is 1. The molecule has 0 atom stereocenters. The molecule has 0 unspecified atom stereocenters. The Kier molecular flexibility index (Phi) is 4.95. The molecule has 0 aliphatic rings. The Balaban J connectivity index is 1.63. The number of fused-ring (bicyclic) bond motifs is 1. The smallest absolute Gasteiger partial charge is 0.129 e. The van der Waals surface area contributed by atoms with Crippen molar-refractivity contribution in [2.75, 3.05) is 0 Å². The van der Waals surface area contributed by atoms with E-state index in [1.54, 1.807) is 54.6 Å². The van der Waals surface area contributed by atoms with Crippen molar-refractivity contribution in [3.8, 4) is 39.8 Å². The van der Waals surface area contributed by atoms with Gasteiger partial charge in [0.25, 0.3) is 0 Å². The summed E-state index contributed by atoms with van der Waals surface area (Å²) in [7, 11) is 0. The molecule has 4 nitrogen and oxygen atoms in total. The minimum absolute atomic E-state index is 0.152. The second kappa shape index (κ2) is 8.07. The number of phenolic OH excluding ortho intramolecular Hbond substituents is 1. The first-order valence-corrected chi connectivity index (χ1v) is 9.86. The van der Waals surface area contributed by atoms with E-state index >= 15 is 0 Å². The highest BCUT2D eigenvalue weighted by Gasteiger charge is 2.14. The molecule has 0 fully saturated rings. The van der Waals surface area contributed by atoms with Gasteiger partial charge in [0, 0.05) is 17.2 Å². The van der Waals surface area contributed by atoms with Gasteiger partial charge in [0.1, 0.15) is 28.9 Å². The SMILES string of the molecule is Oc1ccc(Oc2ccc3nc(-c4ccc(F)cc4)c(-c4ccc(F)cc4)nc3c2)cc1. The van der Waals surface area contributed by atoms with Crippen LogP contribution >= 0.6 is 0 Å². The number of hydrogen-bond acceptors (Lipinski definition) is 4. The normalized spacial score (nSPS) is 10.9. The Bertz CT molecular complexity index is 1400. The largest absolute Gasteiger partial charge is 0.508 e. The molecule has 5 aromatic rings. The van der Waals surface area contributed by atoms with Crippen LogP contribution in [0.15, 0.2) is 91.0 Å². The molecule has 0 saturated heterocycles. The van der Waals surface area contributed by atoms with Crippen molar-refractivity contribution in [3.63, 3.8) is 0 Å².